The molecule has 0 atom stereocenters. The normalized spacial score (nSPS) is 11.1. The van der Waals surface area contributed by atoms with Crippen molar-refractivity contribution < 1.29 is 4.39 Å². The molecule has 0 fully saturated rings. The summed E-state index contributed by atoms with van der Waals surface area (Å²) in [7, 11) is 0. The van der Waals surface area contributed by atoms with Crippen molar-refractivity contribution in [2.45, 2.75) is 13.8 Å². The van der Waals surface area contributed by atoms with Crippen LogP contribution in [0, 0.1) is 19.7 Å². The maximum atomic E-state index is 13.6. The second kappa shape index (κ2) is 3.95. The second-order valence-corrected chi connectivity index (χ2v) is 4.54. The number of halogens is 1. The lowest BCUT2D eigenvalue weighted by Gasteiger charge is -2.00. The molecule has 90 valence electrons. The van der Waals surface area contributed by atoms with Gasteiger partial charge in [-0.3, -0.25) is 0 Å². The van der Waals surface area contributed by atoms with E-state index in [9.17, 15) is 4.39 Å². The Morgan fingerprint density at radius 1 is 1.00 bits per heavy atom. The van der Waals surface area contributed by atoms with Crippen LogP contribution in [-0.2, 0) is 0 Å². The van der Waals surface area contributed by atoms with E-state index in [-0.39, 0.29) is 5.82 Å². The number of aromatic nitrogens is 2. The third-order valence-electron chi connectivity index (χ3n) is 3.10. The summed E-state index contributed by atoms with van der Waals surface area (Å²) >= 11 is 0. The Bertz CT molecular complexity index is 728. The van der Waals surface area contributed by atoms with Crippen molar-refractivity contribution in [2.24, 2.45) is 0 Å². The van der Waals surface area contributed by atoms with Gasteiger partial charge >= 0.3 is 0 Å². The number of fused-ring (bicyclic) bond motifs is 1. The number of hydrogen-bond acceptors (Lipinski definition) is 1. The molecular formula is C15H13FN2. The van der Waals surface area contributed by atoms with Gasteiger partial charge in [0.15, 0.2) is 0 Å². The molecule has 0 amide bonds. The van der Waals surface area contributed by atoms with Crippen molar-refractivity contribution in [1.29, 1.82) is 0 Å². The van der Waals surface area contributed by atoms with Gasteiger partial charge in [0.2, 0.25) is 0 Å². The van der Waals surface area contributed by atoms with Gasteiger partial charge in [-0.15, -0.1) is 0 Å². The zero-order valence-corrected chi connectivity index (χ0v) is 10.3. The Hall–Kier alpha value is -2.16. The summed E-state index contributed by atoms with van der Waals surface area (Å²) in [6.45, 7) is 3.71. The van der Waals surface area contributed by atoms with Crippen LogP contribution in [0.5, 0.6) is 0 Å². The molecule has 0 aliphatic heterocycles. The largest absolute Gasteiger partial charge is 0.240 e. The highest BCUT2D eigenvalue weighted by molar-refractivity contribution is 5.70. The molecule has 18 heavy (non-hydrogen) atoms. The van der Waals surface area contributed by atoms with Crippen molar-refractivity contribution in [1.82, 2.24) is 9.61 Å². The average Bonchev–Trinajstić information content (AvgIpc) is 2.75. The monoisotopic (exact) mass is 240 g/mol. The van der Waals surface area contributed by atoms with Crippen LogP contribution in [0.25, 0.3) is 16.6 Å². The lowest BCUT2D eigenvalue weighted by Crippen LogP contribution is -1.90. The van der Waals surface area contributed by atoms with Gasteiger partial charge in [-0.1, -0.05) is 12.1 Å². The molecule has 0 N–H and O–H groups in total. The molecule has 2 aromatic heterocycles. The van der Waals surface area contributed by atoms with Crippen molar-refractivity contribution in [3.8, 4) is 11.1 Å². The predicted octanol–water partition coefficient (Wildman–Crippen LogP) is 3.76. The van der Waals surface area contributed by atoms with E-state index >= 15 is 0 Å². The van der Waals surface area contributed by atoms with Gasteiger partial charge in [0.25, 0.3) is 0 Å². The Balaban J connectivity index is 2.16. The van der Waals surface area contributed by atoms with Gasteiger partial charge in [-0.05, 0) is 49.2 Å². The third-order valence-corrected chi connectivity index (χ3v) is 3.10. The Morgan fingerprint density at radius 3 is 2.61 bits per heavy atom. The van der Waals surface area contributed by atoms with Crippen LogP contribution in [-0.4, -0.2) is 9.61 Å². The van der Waals surface area contributed by atoms with Gasteiger partial charge in [0, 0.05) is 11.8 Å². The topological polar surface area (TPSA) is 17.3 Å². The summed E-state index contributed by atoms with van der Waals surface area (Å²) in [4.78, 5) is 0. The molecule has 0 unspecified atom stereocenters. The highest BCUT2D eigenvalue weighted by Crippen LogP contribution is 2.24. The lowest BCUT2D eigenvalue weighted by atomic mass is 10.1. The Morgan fingerprint density at radius 2 is 1.83 bits per heavy atom. The van der Waals surface area contributed by atoms with Crippen molar-refractivity contribution >= 4 is 5.52 Å². The fourth-order valence-corrected chi connectivity index (χ4v) is 2.02. The van der Waals surface area contributed by atoms with E-state index in [0.29, 0.717) is 5.56 Å². The first-order chi connectivity index (χ1) is 8.63. The minimum Gasteiger partial charge on any atom is -0.240 e. The summed E-state index contributed by atoms with van der Waals surface area (Å²) in [5, 5.41) is 4.38. The van der Waals surface area contributed by atoms with Gasteiger partial charge in [0.1, 0.15) is 5.82 Å². The van der Waals surface area contributed by atoms with Crippen molar-refractivity contribution in [2.75, 3.05) is 0 Å². The average molecular weight is 240 g/mol. The van der Waals surface area contributed by atoms with E-state index in [4.69, 9.17) is 0 Å². The number of rotatable bonds is 1. The molecule has 0 spiro atoms. The lowest BCUT2D eigenvalue weighted by molar-refractivity contribution is 0.619. The zero-order chi connectivity index (χ0) is 12.7. The van der Waals surface area contributed by atoms with Crippen molar-refractivity contribution in [3.63, 3.8) is 0 Å². The SMILES string of the molecule is Cc1ccc2cc(-c3ccc(C)c(F)c3)cn2n1. The molecule has 3 rings (SSSR count). The molecule has 0 bridgehead atoms. The molecule has 0 aliphatic rings. The molecule has 0 saturated carbocycles. The summed E-state index contributed by atoms with van der Waals surface area (Å²) in [6.07, 6.45) is 1.92. The smallest absolute Gasteiger partial charge is 0.126 e. The van der Waals surface area contributed by atoms with Crippen LogP contribution >= 0.6 is 0 Å². The molecule has 3 aromatic rings. The van der Waals surface area contributed by atoms with E-state index in [0.717, 1.165) is 22.3 Å². The first-order valence-electron chi connectivity index (χ1n) is 5.86. The Kier molecular flexibility index (Phi) is 2.40. The molecule has 2 heterocycles. The third kappa shape index (κ3) is 1.78. The van der Waals surface area contributed by atoms with E-state index < -0.39 is 0 Å². The van der Waals surface area contributed by atoms with Crippen molar-refractivity contribution in [3.05, 3.63) is 59.7 Å². The second-order valence-electron chi connectivity index (χ2n) is 4.54. The number of aryl methyl sites for hydroxylation is 2. The maximum Gasteiger partial charge on any atom is 0.126 e. The summed E-state index contributed by atoms with van der Waals surface area (Å²) in [6, 6.07) is 11.3. The minimum absolute atomic E-state index is 0.174. The van der Waals surface area contributed by atoms with Gasteiger partial charge < -0.3 is 0 Å². The highest BCUT2D eigenvalue weighted by Gasteiger charge is 2.05. The quantitative estimate of drug-likeness (QED) is 0.633. The maximum absolute atomic E-state index is 13.6. The fourth-order valence-electron chi connectivity index (χ4n) is 2.02. The van der Waals surface area contributed by atoms with E-state index in [2.05, 4.69) is 5.10 Å². The van der Waals surface area contributed by atoms with Crippen LogP contribution in [0.2, 0.25) is 0 Å². The first kappa shape index (κ1) is 11.0. The van der Waals surface area contributed by atoms with Crippen LogP contribution in [0.3, 0.4) is 0 Å². The van der Waals surface area contributed by atoms with Crippen LogP contribution in [0.4, 0.5) is 4.39 Å². The number of nitrogens with zero attached hydrogens (tertiary/aromatic N) is 2. The minimum atomic E-state index is -0.174. The van der Waals surface area contributed by atoms with E-state index in [1.54, 1.807) is 19.1 Å². The molecule has 0 aliphatic carbocycles. The standard InChI is InChI=1S/C15H13FN2/c1-10-3-5-12(8-15(10)16)13-7-14-6-4-11(2)17-18(14)9-13/h3-9H,1-2H3. The summed E-state index contributed by atoms with van der Waals surface area (Å²) in [5.74, 6) is -0.174. The molecule has 3 heteroatoms. The first-order valence-corrected chi connectivity index (χ1v) is 5.86. The molecule has 0 radical (unpaired) electrons. The van der Waals surface area contributed by atoms with Gasteiger partial charge in [0.05, 0.1) is 11.2 Å². The molecule has 2 nitrogen and oxygen atoms in total. The fraction of sp³-hybridized carbons (Fsp3) is 0.133. The van der Waals surface area contributed by atoms with Crippen LogP contribution in [0.1, 0.15) is 11.3 Å². The van der Waals surface area contributed by atoms with Gasteiger partial charge in [-0.25, -0.2) is 8.91 Å². The zero-order valence-electron chi connectivity index (χ0n) is 10.3. The molecule has 0 saturated heterocycles. The molecule has 1 aromatic carbocycles. The van der Waals surface area contributed by atoms with Gasteiger partial charge in [-0.2, -0.15) is 5.10 Å². The summed E-state index contributed by atoms with van der Waals surface area (Å²) < 4.78 is 15.4. The van der Waals surface area contributed by atoms with Crippen LogP contribution < -0.4 is 0 Å². The van der Waals surface area contributed by atoms with E-state index in [1.165, 1.54) is 0 Å². The predicted molar refractivity (Wildman–Crippen MR) is 70.1 cm³/mol. The number of hydrogen-bond donors (Lipinski definition) is 0. The van der Waals surface area contributed by atoms with E-state index in [1.807, 2.05) is 41.9 Å². The molecular weight excluding hydrogens is 227 g/mol. The van der Waals surface area contributed by atoms with Crippen LogP contribution in [0.15, 0.2) is 42.6 Å². The Labute approximate surface area is 105 Å². The highest BCUT2D eigenvalue weighted by atomic mass is 19.1. The summed E-state index contributed by atoms with van der Waals surface area (Å²) in [5.41, 5.74) is 4.49. The number of benzene rings is 1.